The van der Waals surface area contributed by atoms with Crippen molar-refractivity contribution in [2.24, 2.45) is 0 Å². The molecule has 2 rings (SSSR count). The first-order valence-corrected chi connectivity index (χ1v) is 8.39. The molecule has 0 N–H and O–H groups in total. The van der Waals surface area contributed by atoms with E-state index in [0.29, 0.717) is 0 Å². The highest BCUT2D eigenvalue weighted by Gasteiger charge is 2.31. The lowest BCUT2D eigenvalue weighted by Gasteiger charge is -2.33. The van der Waals surface area contributed by atoms with E-state index in [2.05, 4.69) is 45.0 Å². The Balaban J connectivity index is 2.65. The number of rotatable bonds is 4. The summed E-state index contributed by atoms with van der Waals surface area (Å²) in [5.74, 6) is 1.90. The number of ether oxygens (including phenoxy) is 2. The summed E-state index contributed by atoms with van der Waals surface area (Å²) in [5.41, 5.74) is 0. The molecule has 0 spiro atoms. The second kappa shape index (κ2) is 6.49. The van der Waals surface area contributed by atoms with Crippen LogP contribution in [0.3, 0.4) is 0 Å². The molecule has 0 aliphatic rings. The van der Waals surface area contributed by atoms with Gasteiger partial charge in [0.1, 0.15) is 11.5 Å². The van der Waals surface area contributed by atoms with Gasteiger partial charge in [-0.3, -0.25) is 0 Å². The Morgan fingerprint density at radius 1 is 0.714 bits per heavy atom. The van der Waals surface area contributed by atoms with Crippen LogP contribution in [0.25, 0.3) is 0 Å². The lowest BCUT2D eigenvalue weighted by molar-refractivity contribution is 0.417. The van der Waals surface area contributed by atoms with E-state index in [9.17, 15) is 0 Å². The highest BCUT2D eigenvalue weighted by atomic mass is 31.1. The zero-order valence-electron chi connectivity index (χ0n) is 13.4. The van der Waals surface area contributed by atoms with Gasteiger partial charge in [-0.25, -0.2) is 0 Å². The molecule has 0 unspecified atom stereocenters. The number of methoxy groups -OCH3 is 2. The van der Waals surface area contributed by atoms with Gasteiger partial charge in [-0.1, -0.05) is 57.2 Å². The minimum Gasteiger partial charge on any atom is -0.496 e. The monoisotopic (exact) mass is 302 g/mol. The van der Waals surface area contributed by atoms with Crippen LogP contribution < -0.4 is 20.1 Å². The molecule has 3 heteroatoms. The Labute approximate surface area is 128 Å². The Bertz CT molecular complexity index is 555. The van der Waals surface area contributed by atoms with Gasteiger partial charge in [0.25, 0.3) is 0 Å². The normalized spacial score (nSPS) is 11.5. The Morgan fingerprint density at radius 3 is 1.43 bits per heavy atom. The maximum Gasteiger partial charge on any atom is 0.126 e. The fourth-order valence-electron chi connectivity index (χ4n) is 2.48. The highest BCUT2D eigenvalue weighted by molar-refractivity contribution is 7.74. The molecule has 0 saturated carbocycles. The molecule has 0 aliphatic carbocycles. The fourth-order valence-corrected chi connectivity index (χ4v) is 5.43. The molecule has 2 aromatic rings. The summed E-state index contributed by atoms with van der Waals surface area (Å²) in [6.07, 6.45) is 0. The summed E-state index contributed by atoms with van der Waals surface area (Å²) < 4.78 is 11.2. The standard InChI is InChI=1S/C18H23O2P/c1-18(2,3)21(16-12-8-6-10-14(16)19-4)17-13-9-7-11-15(17)20-5/h6-13H,1-5H3. The zero-order valence-corrected chi connectivity index (χ0v) is 14.3. The van der Waals surface area contributed by atoms with Crippen molar-refractivity contribution in [3.05, 3.63) is 48.5 Å². The molecule has 2 aromatic carbocycles. The average molecular weight is 302 g/mol. The molecule has 0 bridgehead atoms. The Morgan fingerprint density at radius 2 is 1.10 bits per heavy atom. The number of benzene rings is 2. The molecule has 21 heavy (non-hydrogen) atoms. The number of hydrogen-bond acceptors (Lipinski definition) is 2. The van der Waals surface area contributed by atoms with E-state index in [0.717, 1.165) is 11.5 Å². The Kier molecular flexibility index (Phi) is 4.90. The van der Waals surface area contributed by atoms with Crippen molar-refractivity contribution in [3.63, 3.8) is 0 Å². The zero-order chi connectivity index (χ0) is 15.5. The number of hydrogen-bond donors (Lipinski definition) is 0. The molecule has 0 fully saturated rings. The van der Waals surface area contributed by atoms with Crippen LogP contribution >= 0.6 is 7.92 Å². The Hall–Kier alpha value is -1.53. The summed E-state index contributed by atoms with van der Waals surface area (Å²) in [6, 6.07) is 16.6. The third-order valence-electron chi connectivity index (χ3n) is 3.32. The summed E-state index contributed by atoms with van der Waals surface area (Å²) >= 11 is 0. The first-order chi connectivity index (χ1) is 9.99. The smallest absolute Gasteiger partial charge is 0.126 e. The largest absolute Gasteiger partial charge is 0.496 e. The maximum atomic E-state index is 5.59. The van der Waals surface area contributed by atoms with Gasteiger partial charge in [0.05, 0.1) is 14.2 Å². The van der Waals surface area contributed by atoms with Gasteiger partial charge < -0.3 is 9.47 Å². The SMILES string of the molecule is COc1ccccc1P(c1ccccc1OC)C(C)(C)C. The van der Waals surface area contributed by atoms with Crippen LogP contribution in [0.5, 0.6) is 11.5 Å². The predicted molar refractivity (Wildman–Crippen MR) is 91.9 cm³/mol. The molecule has 2 nitrogen and oxygen atoms in total. The quantitative estimate of drug-likeness (QED) is 0.797. The lowest BCUT2D eigenvalue weighted by Crippen LogP contribution is -2.28. The molecule has 0 saturated heterocycles. The van der Waals surface area contributed by atoms with Gasteiger partial charge in [-0.15, -0.1) is 0 Å². The lowest BCUT2D eigenvalue weighted by atomic mass is 10.2. The van der Waals surface area contributed by atoms with Crippen LogP contribution in [0.15, 0.2) is 48.5 Å². The van der Waals surface area contributed by atoms with E-state index in [1.165, 1.54) is 10.6 Å². The van der Waals surface area contributed by atoms with E-state index in [1.807, 2.05) is 24.3 Å². The molecule has 0 heterocycles. The van der Waals surface area contributed by atoms with Crippen molar-refractivity contribution < 1.29 is 9.47 Å². The van der Waals surface area contributed by atoms with Crippen LogP contribution in [0.4, 0.5) is 0 Å². The number of para-hydroxylation sites is 2. The minimum absolute atomic E-state index is 0.110. The fraction of sp³-hybridized carbons (Fsp3) is 0.333. The average Bonchev–Trinajstić information content (AvgIpc) is 2.47. The van der Waals surface area contributed by atoms with Gasteiger partial charge in [0.15, 0.2) is 0 Å². The van der Waals surface area contributed by atoms with Crippen LogP contribution in [0.1, 0.15) is 20.8 Å². The van der Waals surface area contributed by atoms with Crippen molar-refractivity contribution in [2.75, 3.05) is 14.2 Å². The minimum atomic E-state index is -0.595. The van der Waals surface area contributed by atoms with Crippen molar-refractivity contribution in [1.29, 1.82) is 0 Å². The predicted octanol–water partition coefficient (Wildman–Crippen LogP) is 3.94. The van der Waals surface area contributed by atoms with Gasteiger partial charge in [0, 0.05) is 10.6 Å². The molecular weight excluding hydrogens is 279 g/mol. The van der Waals surface area contributed by atoms with Gasteiger partial charge in [-0.05, 0) is 25.2 Å². The van der Waals surface area contributed by atoms with Crippen LogP contribution in [0, 0.1) is 0 Å². The van der Waals surface area contributed by atoms with Crippen LogP contribution in [0.2, 0.25) is 0 Å². The third-order valence-corrected chi connectivity index (χ3v) is 6.37. The molecule has 0 aromatic heterocycles. The molecular formula is C18H23O2P. The summed E-state index contributed by atoms with van der Waals surface area (Å²) in [7, 11) is 2.87. The molecule has 0 atom stereocenters. The van der Waals surface area contributed by atoms with Gasteiger partial charge in [0.2, 0.25) is 0 Å². The van der Waals surface area contributed by atoms with Crippen LogP contribution in [-0.2, 0) is 0 Å². The van der Waals surface area contributed by atoms with Crippen molar-refractivity contribution in [1.82, 2.24) is 0 Å². The van der Waals surface area contributed by atoms with Crippen LogP contribution in [-0.4, -0.2) is 19.4 Å². The van der Waals surface area contributed by atoms with Crippen molar-refractivity contribution >= 4 is 18.5 Å². The third kappa shape index (κ3) is 3.39. The van der Waals surface area contributed by atoms with E-state index >= 15 is 0 Å². The van der Waals surface area contributed by atoms with E-state index in [1.54, 1.807) is 14.2 Å². The second-order valence-electron chi connectivity index (χ2n) is 5.85. The molecule has 112 valence electrons. The summed E-state index contributed by atoms with van der Waals surface area (Å²) in [5, 5.41) is 2.62. The topological polar surface area (TPSA) is 18.5 Å². The van der Waals surface area contributed by atoms with Gasteiger partial charge >= 0.3 is 0 Å². The summed E-state index contributed by atoms with van der Waals surface area (Å²) in [6.45, 7) is 6.83. The van der Waals surface area contributed by atoms with E-state index in [-0.39, 0.29) is 5.16 Å². The van der Waals surface area contributed by atoms with Crippen molar-refractivity contribution in [2.45, 2.75) is 25.9 Å². The first kappa shape index (κ1) is 15.9. The van der Waals surface area contributed by atoms with Gasteiger partial charge in [-0.2, -0.15) is 0 Å². The van der Waals surface area contributed by atoms with Crippen molar-refractivity contribution in [3.8, 4) is 11.5 Å². The molecule has 0 amide bonds. The molecule has 0 aliphatic heterocycles. The highest BCUT2D eigenvalue weighted by Crippen LogP contribution is 2.51. The molecule has 0 radical (unpaired) electrons. The second-order valence-corrected chi connectivity index (χ2v) is 8.83. The summed E-state index contributed by atoms with van der Waals surface area (Å²) in [4.78, 5) is 0. The first-order valence-electron chi connectivity index (χ1n) is 7.05. The van der Waals surface area contributed by atoms with E-state index < -0.39 is 7.92 Å². The van der Waals surface area contributed by atoms with E-state index in [4.69, 9.17) is 9.47 Å². The maximum absolute atomic E-state index is 5.59.